The lowest BCUT2D eigenvalue weighted by atomic mass is 10.1. The molecule has 8 nitrogen and oxygen atoms in total. The molecule has 0 aliphatic carbocycles. The van der Waals surface area contributed by atoms with E-state index in [1.165, 1.54) is 12.1 Å². The molecule has 1 heterocycles. The predicted molar refractivity (Wildman–Crippen MR) is 104 cm³/mol. The van der Waals surface area contributed by atoms with Crippen LogP contribution in [0.2, 0.25) is 0 Å². The van der Waals surface area contributed by atoms with Crippen molar-refractivity contribution >= 4 is 11.6 Å². The van der Waals surface area contributed by atoms with E-state index in [1.807, 2.05) is 6.07 Å². The molecule has 0 atom stereocenters. The number of carbonyl (C=O) groups is 1. The minimum absolute atomic E-state index is 0.00288. The third-order valence-corrected chi connectivity index (χ3v) is 4.30. The van der Waals surface area contributed by atoms with E-state index in [4.69, 9.17) is 9.47 Å². The summed E-state index contributed by atoms with van der Waals surface area (Å²) in [5, 5.41) is 13.7. The number of nitrogens with one attached hydrogen (secondary N) is 2. The van der Waals surface area contributed by atoms with E-state index in [0.717, 1.165) is 5.56 Å². The fraction of sp³-hybridized carbons (Fsp3) is 0.150. The molecule has 0 spiro atoms. The second kappa shape index (κ2) is 8.26. The van der Waals surface area contributed by atoms with Gasteiger partial charge in [-0.3, -0.25) is 14.9 Å². The van der Waals surface area contributed by atoms with Gasteiger partial charge in [0.05, 0.1) is 19.1 Å². The molecule has 3 aromatic rings. The van der Waals surface area contributed by atoms with Gasteiger partial charge >= 0.3 is 0 Å². The molecule has 0 radical (unpaired) electrons. The Balaban J connectivity index is 1.76. The van der Waals surface area contributed by atoms with Crippen molar-refractivity contribution in [2.45, 2.75) is 6.54 Å². The summed E-state index contributed by atoms with van der Waals surface area (Å²) < 4.78 is 10.5. The maximum absolute atomic E-state index is 12.7. The maximum atomic E-state index is 12.7. The predicted octanol–water partition coefficient (Wildman–Crippen LogP) is 3.54. The molecule has 0 saturated carbocycles. The zero-order chi connectivity index (χ0) is 20.1. The fourth-order valence-electron chi connectivity index (χ4n) is 2.82. The molecule has 2 N–H and O–H groups in total. The highest BCUT2D eigenvalue weighted by Gasteiger charge is 2.16. The van der Waals surface area contributed by atoms with Crippen LogP contribution >= 0.6 is 0 Å². The van der Waals surface area contributed by atoms with Crippen LogP contribution in [0.1, 0.15) is 16.1 Å². The lowest BCUT2D eigenvalue weighted by molar-refractivity contribution is -0.384. The second-order valence-electron chi connectivity index (χ2n) is 5.93. The van der Waals surface area contributed by atoms with Gasteiger partial charge in [-0.05, 0) is 35.9 Å². The number of aromatic nitrogens is 1. The topological polar surface area (TPSA) is 106 Å². The summed E-state index contributed by atoms with van der Waals surface area (Å²) in [6.45, 7) is 0.269. The number of H-pyrrole nitrogens is 1. The van der Waals surface area contributed by atoms with Gasteiger partial charge in [0.2, 0.25) is 0 Å². The standard InChI is InChI=1S/C20H19N3O5/c1-27-16-8-5-14(18(11-16)28-2)12-22-20(24)19-17(9-10-21-19)13-3-6-15(7-4-13)23(25)26/h3-11,21H,12H2,1-2H3,(H,22,24). The maximum Gasteiger partial charge on any atom is 0.269 e. The molecule has 0 aliphatic rings. The van der Waals surface area contributed by atoms with E-state index in [0.29, 0.717) is 28.3 Å². The Hall–Kier alpha value is -3.81. The Bertz CT molecular complexity index is 995. The van der Waals surface area contributed by atoms with Gasteiger partial charge in [-0.15, -0.1) is 0 Å². The third-order valence-electron chi connectivity index (χ3n) is 4.30. The highest BCUT2D eigenvalue weighted by Crippen LogP contribution is 2.26. The van der Waals surface area contributed by atoms with Crippen molar-refractivity contribution in [3.05, 3.63) is 76.1 Å². The molecule has 3 rings (SSSR count). The first-order valence-electron chi connectivity index (χ1n) is 8.44. The number of aromatic amines is 1. The van der Waals surface area contributed by atoms with Crippen molar-refractivity contribution < 1.29 is 19.2 Å². The number of ether oxygens (including phenoxy) is 2. The van der Waals surface area contributed by atoms with Crippen LogP contribution in [0.3, 0.4) is 0 Å². The number of hydrogen-bond acceptors (Lipinski definition) is 5. The SMILES string of the molecule is COc1ccc(CNC(=O)c2[nH]ccc2-c2ccc([N+](=O)[O-])cc2)c(OC)c1. The van der Waals surface area contributed by atoms with Crippen LogP contribution in [0.4, 0.5) is 5.69 Å². The number of amides is 1. The van der Waals surface area contributed by atoms with Gasteiger partial charge in [0, 0.05) is 42.1 Å². The van der Waals surface area contributed by atoms with Gasteiger partial charge in [-0.25, -0.2) is 0 Å². The number of methoxy groups -OCH3 is 2. The monoisotopic (exact) mass is 381 g/mol. The summed E-state index contributed by atoms with van der Waals surface area (Å²) in [6.07, 6.45) is 1.65. The van der Waals surface area contributed by atoms with E-state index in [9.17, 15) is 14.9 Å². The molecule has 0 fully saturated rings. The summed E-state index contributed by atoms with van der Waals surface area (Å²) in [5.41, 5.74) is 2.55. The Labute approximate surface area is 161 Å². The number of hydrogen-bond donors (Lipinski definition) is 2. The van der Waals surface area contributed by atoms with E-state index in [2.05, 4.69) is 10.3 Å². The molecule has 28 heavy (non-hydrogen) atoms. The van der Waals surface area contributed by atoms with Crippen molar-refractivity contribution in [1.82, 2.24) is 10.3 Å². The number of nitro benzene ring substituents is 1. The molecule has 1 amide bonds. The Kier molecular flexibility index (Phi) is 5.59. The van der Waals surface area contributed by atoms with Crippen LogP contribution in [0.15, 0.2) is 54.7 Å². The number of carbonyl (C=O) groups excluding carboxylic acids is 1. The van der Waals surface area contributed by atoms with E-state index in [1.54, 1.807) is 50.7 Å². The zero-order valence-electron chi connectivity index (χ0n) is 15.4. The summed E-state index contributed by atoms with van der Waals surface area (Å²) in [5.74, 6) is 0.981. The van der Waals surface area contributed by atoms with Crippen molar-refractivity contribution in [2.75, 3.05) is 14.2 Å². The van der Waals surface area contributed by atoms with Crippen LogP contribution in [0.5, 0.6) is 11.5 Å². The van der Waals surface area contributed by atoms with Crippen LogP contribution in [0, 0.1) is 10.1 Å². The van der Waals surface area contributed by atoms with Crippen molar-refractivity contribution in [1.29, 1.82) is 0 Å². The van der Waals surface area contributed by atoms with Crippen molar-refractivity contribution in [3.63, 3.8) is 0 Å². The molecule has 1 aromatic heterocycles. The van der Waals surface area contributed by atoms with Crippen LogP contribution < -0.4 is 14.8 Å². The van der Waals surface area contributed by atoms with Gasteiger partial charge in [0.1, 0.15) is 17.2 Å². The van der Waals surface area contributed by atoms with E-state index in [-0.39, 0.29) is 18.1 Å². The van der Waals surface area contributed by atoms with Gasteiger partial charge in [0.15, 0.2) is 0 Å². The number of nitro groups is 1. The highest BCUT2D eigenvalue weighted by molar-refractivity contribution is 5.99. The zero-order valence-corrected chi connectivity index (χ0v) is 15.4. The van der Waals surface area contributed by atoms with Gasteiger partial charge in [-0.1, -0.05) is 0 Å². The smallest absolute Gasteiger partial charge is 0.269 e. The molecule has 0 saturated heterocycles. The van der Waals surface area contributed by atoms with Gasteiger partial charge in [-0.2, -0.15) is 0 Å². The second-order valence-corrected chi connectivity index (χ2v) is 5.93. The van der Waals surface area contributed by atoms with Crippen molar-refractivity contribution in [3.8, 4) is 22.6 Å². The molecule has 0 aliphatic heterocycles. The summed E-state index contributed by atoms with van der Waals surface area (Å²) in [4.78, 5) is 25.9. The molecule has 0 bridgehead atoms. The quantitative estimate of drug-likeness (QED) is 0.481. The van der Waals surface area contributed by atoms with Crippen LogP contribution in [-0.2, 0) is 6.54 Å². The van der Waals surface area contributed by atoms with Crippen LogP contribution in [0.25, 0.3) is 11.1 Å². The van der Waals surface area contributed by atoms with Gasteiger partial charge < -0.3 is 19.8 Å². The minimum Gasteiger partial charge on any atom is -0.497 e. The molecule has 8 heteroatoms. The number of non-ortho nitro benzene ring substituents is 1. The molecule has 0 unspecified atom stereocenters. The molecular weight excluding hydrogens is 362 g/mol. The minimum atomic E-state index is -0.462. The first-order valence-corrected chi connectivity index (χ1v) is 8.44. The molecule has 2 aromatic carbocycles. The van der Waals surface area contributed by atoms with Crippen molar-refractivity contribution in [2.24, 2.45) is 0 Å². The van der Waals surface area contributed by atoms with Gasteiger partial charge in [0.25, 0.3) is 11.6 Å². The number of benzene rings is 2. The molecular formula is C20H19N3O5. The lowest BCUT2D eigenvalue weighted by Crippen LogP contribution is -2.24. The first kappa shape index (κ1) is 19.0. The summed E-state index contributed by atoms with van der Waals surface area (Å²) in [6, 6.07) is 13.2. The average molecular weight is 381 g/mol. The highest BCUT2D eigenvalue weighted by atomic mass is 16.6. The number of nitrogens with zero attached hydrogens (tertiary/aromatic N) is 1. The summed E-state index contributed by atoms with van der Waals surface area (Å²) in [7, 11) is 3.12. The summed E-state index contributed by atoms with van der Waals surface area (Å²) >= 11 is 0. The van der Waals surface area contributed by atoms with E-state index >= 15 is 0 Å². The Morgan fingerprint density at radius 3 is 2.50 bits per heavy atom. The number of rotatable bonds is 7. The fourth-order valence-corrected chi connectivity index (χ4v) is 2.82. The normalized spacial score (nSPS) is 10.4. The van der Waals surface area contributed by atoms with E-state index < -0.39 is 4.92 Å². The largest absolute Gasteiger partial charge is 0.497 e. The Morgan fingerprint density at radius 2 is 1.86 bits per heavy atom. The Morgan fingerprint density at radius 1 is 1.11 bits per heavy atom. The molecule has 144 valence electrons. The lowest BCUT2D eigenvalue weighted by Gasteiger charge is -2.11. The van der Waals surface area contributed by atoms with Crippen LogP contribution in [-0.4, -0.2) is 30.0 Å². The average Bonchev–Trinajstić information content (AvgIpc) is 3.22. The first-order chi connectivity index (χ1) is 13.5. The third kappa shape index (κ3) is 3.96.